The lowest BCUT2D eigenvalue weighted by atomic mass is 9.62. The van der Waals surface area contributed by atoms with E-state index in [1.54, 1.807) is 0 Å². The molecule has 6 N–H and O–H groups in total. The van der Waals surface area contributed by atoms with Crippen molar-refractivity contribution >= 4 is 0 Å². The van der Waals surface area contributed by atoms with Gasteiger partial charge in [-0.05, 0) is 39.5 Å². The Bertz CT molecular complexity index is 836. The molecule has 0 aliphatic heterocycles. The highest BCUT2D eigenvalue weighted by Gasteiger charge is 2.44. The average molecular weight is 390 g/mol. The van der Waals surface area contributed by atoms with Crippen LogP contribution in [0.3, 0.4) is 0 Å². The van der Waals surface area contributed by atoms with Crippen molar-refractivity contribution < 1.29 is 40.9 Å². The highest BCUT2D eigenvalue weighted by Crippen LogP contribution is 2.57. The van der Waals surface area contributed by atoms with E-state index in [4.69, 9.17) is 0 Å². The van der Waals surface area contributed by atoms with E-state index in [1.807, 2.05) is 0 Å². The molecule has 0 atom stereocenters. The minimum Gasteiger partial charge on any atom is -0.851 e. The standard InChI is InChI=1S/C20H22O8/c1-5-13(21)6(2)16(24)9(15(5)23)11-19(27)12(20(11)28)10-17(25)7(3)14(22)8(4)18(10)26/h11-12,19-26H,1-4H3/q-2. The molecule has 3 rings (SSSR count). The van der Waals surface area contributed by atoms with Gasteiger partial charge in [-0.1, -0.05) is 0 Å². The van der Waals surface area contributed by atoms with Gasteiger partial charge >= 0.3 is 0 Å². The zero-order valence-corrected chi connectivity index (χ0v) is 15.8. The van der Waals surface area contributed by atoms with Crippen LogP contribution in [0.2, 0.25) is 0 Å². The van der Waals surface area contributed by atoms with Crippen molar-refractivity contribution in [3.63, 3.8) is 0 Å². The smallest absolute Gasteiger partial charge is 0.129 e. The van der Waals surface area contributed by atoms with E-state index in [-0.39, 0.29) is 44.9 Å². The maximum atomic E-state index is 12.9. The highest BCUT2D eigenvalue weighted by molar-refractivity contribution is 5.65. The SMILES string of the molecule is Cc1c(O)c(C)c(O)c(C2C([O-])C(c3c(O)c(C)c(O)c(C)c3O)C2[O-])c1O. The maximum absolute atomic E-state index is 12.9. The summed E-state index contributed by atoms with van der Waals surface area (Å²) in [5, 5.41) is 86.9. The second-order valence-electron chi connectivity index (χ2n) is 7.40. The summed E-state index contributed by atoms with van der Waals surface area (Å²) in [5.74, 6) is -5.46. The van der Waals surface area contributed by atoms with Crippen LogP contribution in [0, 0.1) is 27.7 Å². The van der Waals surface area contributed by atoms with Crippen LogP contribution in [0.4, 0.5) is 0 Å². The molecule has 1 aliphatic rings. The number of hydrogen-bond donors (Lipinski definition) is 6. The fourth-order valence-corrected chi connectivity index (χ4v) is 4.01. The summed E-state index contributed by atoms with van der Waals surface area (Å²) in [4.78, 5) is 0. The minimum atomic E-state index is -1.68. The Morgan fingerprint density at radius 2 is 0.679 bits per heavy atom. The summed E-state index contributed by atoms with van der Waals surface area (Å²) in [7, 11) is 0. The van der Waals surface area contributed by atoms with Gasteiger partial charge in [0, 0.05) is 33.4 Å². The quantitative estimate of drug-likeness (QED) is 0.431. The van der Waals surface area contributed by atoms with Gasteiger partial charge in [0.25, 0.3) is 0 Å². The molecule has 2 aromatic rings. The molecule has 1 aliphatic carbocycles. The van der Waals surface area contributed by atoms with E-state index in [9.17, 15) is 40.9 Å². The normalized spacial score (nSPS) is 24.2. The summed E-state index contributed by atoms with van der Waals surface area (Å²) < 4.78 is 0. The molecule has 0 saturated heterocycles. The molecule has 0 amide bonds. The van der Waals surface area contributed by atoms with Crippen LogP contribution < -0.4 is 10.2 Å². The molecule has 0 aromatic heterocycles. The van der Waals surface area contributed by atoms with Crippen molar-refractivity contribution in [1.29, 1.82) is 0 Å². The molecule has 8 heteroatoms. The van der Waals surface area contributed by atoms with Crippen molar-refractivity contribution in [3.8, 4) is 34.5 Å². The van der Waals surface area contributed by atoms with Crippen LogP contribution >= 0.6 is 0 Å². The van der Waals surface area contributed by atoms with Gasteiger partial charge in [0.2, 0.25) is 0 Å². The third-order valence-corrected chi connectivity index (χ3v) is 5.94. The number of benzene rings is 2. The van der Waals surface area contributed by atoms with Gasteiger partial charge in [-0.15, -0.1) is 12.2 Å². The third kappa shape index (κ3) is 2.38. The second kappa shape index (κ2) is 6.35. The predicted octanol–water partition coefficient (Wildman–Crippen LogP) is 0.493. The third-order valence-electron chi connectivity index (χ3n) is 5.94. The van der Waals surface area contributed by atoms with E-state index >= 15 is 0 Å². The molecule has 28 heavy (non-hydrogen) atoms. The summed E-state index contributed by atoms with van der Waals surface area (Å²) in [6.07, 6.45) is -3.36. The Labute approximate surface area is 161 Å². The Balaban J connectivity index is 2.12. The molecule has 2 aromatic carbocycles. The van der Waals surface area contributed by atoms with Crippen LogP contribution in [0.5, 0.6) is 34.5 Å². The maximum Gasteiger partial charge on any atom is 0.129 e. The van der Waals surface area contributed by atoms with Gasteiger partial charge in [0.15, 0.2) is 0 Å². The van der Waals surface area contributed by atoms with Gasteiger partial charge in [-0.3, -0.25) is 0 Å². The van der Waals surface area contributed by atoms with Crippen molar-refractivity contribution in [2.75, 3.05) is 0 Å². The molecule has 1 fully saturated rings. The van der Waals surface area contributed by atoms with Gasteiger partial charge < -0.3 is 40.9 Å². The fraction of sp³-hybridized carbons (Fsp3) is 0.400. The molecule has 0 radical (unpaired) electrons. The first-order valence-electron chi connectivity index (χ1n) is 8.72. The number of aromatic hydroxyl groups is 6. The van der Waals surface area contributed by atoms with E-state index in [0.29, 0.717) is 0 Å². The monoisotopic (exact) mass is 390 g/mol. The Morgan fingerprint density at radius 1 is 0.464 bits per heavy atom. The molecule has 152 valence electrons. The fourth-order valence-electron chi connectivity index (χ4n) is 4.01. The van der Waals surface area contributed by atoms with E-state index in [0.717, 1.165) is 0 Å². The Morgan fingerprint density at radius 3 is 0.893 bits per heavy atom. The summed E-state index contributed by atoms with van der Waals surface area (Å²) in [6.45, 7) is 5.56. The number of phenolic OH excluding ortho intramolecular Hbond substituents is 6. The number of phenols is 6. The first-order valence-corrected chi connectivity index (χ1v) is 8.72. The van der Waals surface area contributed by atoms with E-state index < -0.39 is 47.0 Å². The lowest BCUT2D eigenvalue weighted by Crippen LogP contribution is -2.63. The zero-order chi connectivity index (χ0) is 21.2. The van der Waals surface area contributed by atoms with Crippen LogP contribution in [0.15, 0.2) is 0 Å². The first kappa shape index (κ1) is 19.9. The van der Waals surface area contributed by atoms with Crippen LogP contribution in [0.25, 0.3) is 0 Å². The largest absolute Gasteiger partial charge is 0.851 e. The van der Waals surface area contributed by atoms with Gasteiger partial charge in [-0.2, -0.15) is 0 Å². The van der Waals surface area contributed by atoms with Crippen LogP contribution in [-0.2, 0) is 0 Å². The lowest BCUT2D eigenvalue weighted by Gasteiger charge is -2.61. The zero-order valence-electron chi connectivity index (χ0n) is 15.8. The molecule has 0 bridgehead atoms. The van der Waals surface area contributed by atoms with Crippen molar-refractivity contribution in [1.82, 2.24) is 0 Å². The van der Waals surface area contributed by atoms with Crippen molar-refractivity contribution in [2.45, 2.75) is 51.7 Å². The van der Waals surface area contributed by atoms with Crippen LogP contribution in [-0.4, -0.2) is 42.8 Å². The highest BCUT2D eigenvalue weighted by atomic mass is 16.3. The molecule has 8 nitrogen and oxygen atoms in total. The van der Waals surface area contributed by atoms with Gasteiger partial charge in [-0.25, -0.2) is 0 Å². The predicted molar refractivity (Wildman–Crippen MR) is 94.9 cm³/mol. The number of hydrogen-bond acceptors (Lipinski definition) is 8. The molecular formula is C20H22O8-2. The first-order chi connectivity index (χ1) is 12.9. The molecule has 0 spiro atoms. The van der Waals surface area contributed by atoms with Gasteiger partial charge in [0.05, 0.1) is 0 Å². The molecule has 0 unspecified atom stereocenters. The summed E-state index contributed by atoms with van der Waals surface area (Å²) >= 11 is 0. The Hall–Kier alpha value is -2.84. The molecule has 1 saturated carbocycles. The van der Waals surface area contributed by atoms with Gasteiger partial charge in [0.1, 0.15) is 34.5 Å². The summed E-state index contributed by atoms with van der Waals surface area (Å²) in [5.41, 5.74) is -0.332. The lowest BCUT2D eigenvalue weighted by molar-refractivity contribution is -0.536. The molecule has 0 heterocycles. The van der Waals surface area contributed by atoms with E-state index in [2.05, 4.69) is 0 Å². The van der Waals surface area contributed by atoms with Crippen molar-refractivity contribution in [2.24, 2.45) is 0 Å². The van der Waals surface area contributed by atoms with Crippen molar-refractivity contribution in [3.05, 3.63) is 33.4 Å². The summed E-state index contributed by atoms with van der Waals surface area (Å²) in [6, 6.07) is 0. The minimum absolute atomic E-state index is 0.0372. The number of rotatable bonds is 2. The van der Waals surface area contributed by atoms with Crippen LogP contribution in [0.1, 0.15) is 45.2 Å². The van der Waals surface area contributed by atoms with E-state index in [1.165, 1.54) is 27.7 Å². The molecular weight excluding hydrogens is 368 g/mol. The Kier molecular flexibility index (Phi) is 4.52. The average Bonchev–Trinajstić information content (AvgIpc) is 2.68. The topological polar surface area (TPSA) is 168 Å². The second-order valence-corrected chi connectivity index (χ2v) is 7.40.